The van der Waals surface area contributed by atoms with Crippen molar-refractivity contribution in [1.82, 2.24) is 5.32 Å². The predicted octanol–water partition coefficient (Wildman–Crippen LogP) is 2.15. The van der Waals surface area contributed by atoms with Gasteiger partial charge in [-0.3, -0.25) is 5.32 Å². The Hall–Kier alpha value is -1.79. The molecule has 1 aromatic carbocycles. The van der Waals surface area contributed by atoms with Crippen LogP contribution >= 0.6 is 0 Å². The van der Waals surface area contributed by atoms with Gasteiger partial charge in [0.25, 0.3) is 0 Å². The van der Waals surface area contributed by atoms with Crippen LogP contribution in [0.25, 0.3) is 0 Å². The minimum absolute atomic E-state index is 0.112. The number of benzene rings is 1. The average molecular weight is 231 g/mol. The van der Waals surface area contributed by atoms with Crippen LogP contribution in [0.3, 0.4) is 0 Å². The highest BCUT2D eigenvalue weighted by Crippen LogP contribution is 2.14. The van der Waals surface area contributed by atoms with Gasteiger partial charge in [-0.15, -0.1) is 6.42 Å². The first kappa shape index (κ1) is 13.3. The minimum Gasteiger partial charge on any atom is -0.462 e. The fraction of sp³-hybridized carbons (Fsp3) is 0.357. The lowest BCUT2D eigenvalue weighted by molar-refractivity contribution is 0.0526. The van der Waals surface area contributed by atoms with Crippen LogP contribution in [0.1, 0.15) is 35.8 Å². The molecule has 1 atom stereocenters. The number of hydrogen-bond acceptors (Lipinski definition) is 3. The van der Waals surface area contributed by atoms with Crippen molar-refractivity contribution in [2.45, 2.75) is 19.9 Å². The molecule has 17 heavy (non-hydrogen) atoms. The van der Waals surface area contributed by atoms with Crippen LogP contribution < -0.4 is 5.32 Å². The Morgan fingerprint density at radius 1 is 1.59 bits per heavy atom. The molecule has 0 fully saturated rings. The molecule has 3 heteroatoms. The molecule has 0 unspecified atom stereocenters. The van der Waals surface area contributed by atoms with E-state index in [1.54, 1.807) is 13.0 Å². The van der Waals surface area contributed by atoms with Gasteiger partial charge in [0.15, 0.2) is 0 Å². The van der Waals surface area contributed by atoms with E-state index in [4.69, 9.17) is 11.2 Å². The smallest absolute Gasteiger partial charge is 0.338 e. The quantitative estimate of drug-likeness (QED) is 0.623. The molecule has 3 nitrogen and oxygen atoms in total. The molecule has 0 bridgehead atoms. The Balaban J connectivity index is 2.78. The highest BCUT2D eigenvalue weighted by Gasteiger charge is 2.09. The largest absolute Gasteiger partial charge is 0.462 e. The molecule has 0 spiro atoms. The number of ether oxygens (including phenoxy) is 1. The van der Waals surface area contributed by atoms with Crippen LogP contribution in [0.5, 0.6) is 0 Å². The Bertz CT molecular complexity index is 420. The van der Waals surface area contributed by atoms with Crippen LogP contribution in [-0.4, -0.2) is 19.1 Å². The molecule has 0 saturated carbocycles. The number of carbonyl (C=O) groups excluding carboxylic acids is 1. The molecule has 1 aromatic rings. The van der Waals surface area contributed by atoms with Gasteiger partial charge in [-0.2, -0.15) is 0 Å². The molecule has 90 valence electrons. The van der Waals surface area contributed by atoms with Crippen molar-refractivity contribution < 1.29 is 9.53 Å². The molecule has 0 saturated heterocycles. The third-order valence-electron chi connectivity index (χ3n) is 2.41. The van der Waals surface area contributed by atoms with Crippen molar-refractivity contribution in [3.63, 3.8) is 0 Å². The third-order valence-corrected chi connectivity index (χ3v) is 2.41. The second-order valence-electron chi connectivity index (χ2n) is 3.65. The molecular formula is C14H17NO2. The zero-order valence-electron chi connectivity index (χ0n) is 10.2. The van der Waals surface area contributed by atoms with Crippen molar-refractivity contribution in [2.75, 3.05) is 13.2 Å². The number of terminal acetylenes is 1. The van der Waals surface area contributed by atoms with Gasteiger partial charge in [-0.1, -0.05) is 18.1 Å². The van der Waals surface area contributed by atoms with Crippen LogP contribution in [0.2, 0.25) is 0 Å². The molecule has 0 radical (unpaired) electrons. The fourth-order valence-corrected chi connectivity index (χ4v) is 1.48. The van der Waals surface area contributed by atoms with Crippen LogP contribution in [0, 0.1) is 12.3 Å². The van der Waals surface area contributed by atoms with Crippen molar-refractivity contribution >= 4 is 5.97 Å². The summed E-state index contributed by atoms with van der Waals surface area (Å²) in [5.41, 5.74) is 1.59. The Morgan fingerprint density at radius 2 is 2.35 bits per heavy atom. The fourth-order valence-electron chi connectivity index (χ4n) is 1.48. The van der Waals surface area contributed by atoms with Crippen LogP contribution in [-0.2, 0) is 4.74 Å². The number of nitrogens with one attached hydrogen (secondary N) is 1. The van der Waals surface area contributed by atoms with E-state index < -0.39 is 0 Å². The molecule has 0 aliphatic heterocycles. The summed E-state index contributed by atoms with van der Waals surface area (Å²) in [6.07, 6.45) is 5.19. The summed E-state index contributed by atoms with van der Waals surface area (Å²) in [7, 11) is 0. The molecule has 1 rings (SSSR count). The van der Waals surface area contributed by atoms with Crippen molar-refractivity contribution in [3.8, 4) is 12.3 Å². The average Bonchev–Trinajstić information content (AvgIpc) is 2.36. The summed E-state index contributed by atoms with van der Waals surface area (Å²) in [6, 6.07) is 7.48. The number of esters is 1. The Labute approximate surface area is 102 Å². The lowest BCUT2D eigenvalue weighted by Gasteiger charge is -2.13. The first-order chi connectivity index (χ1) is 8.19. The van der Waals surface area contributed by atoms with E-state index >= 15 is 0 Å². The summed E-state index contributed by atoms with van der Waals surface area (Å²) in [4.78, 5) is 11.6. The SMILES string of the molecule is C#CCN[C@@H](C)c1cccc(C(=O)OCC)c1. The van der Waals surface area contributed by atoms with Crippen molar-refractivity contribution in [1.29, 1.82) is 0 Å². The van der Waals surface area contributed by atoms with E-state index in [9.17, 15) is 4.79 Å². The third kappa shape index (κ3) is 3.93. The maximum atomic E-state index is 11.6. The Kier molecular flexibility index (Phi) is 5.25. The molecular weight excluding hydrogens is 214 g/mol. The minimum atomic E-state index is -0.293. The van der Waals surface area contributed by atoms with Crippen LogP contribution in [0.15, 0.2) is 24.3 Å². The van der Waals surface area contributed by atoms with Gasteiger partial charge in [0.2, 0.25) is 0 Å². The summed E-state index contributed by atoms with van der Waals surface area (Å²) in [6.45, 7) is 4.68. The van der Waals surface area contributed by atoms with Crippen molar-refractivity contribution in [2.24, 2.45) is 0 Å². The second kappa shape index (κ2) is 6.72. The van der Waals surface area contributed by atoms with E-state index in [0.717, 1.165) is 5.56 Å². The molecule has 0 aliphatic carbocycles. The Morgan fingerprint density at radius 3 is 3.00 bits per heavy atom. The van der Waals surface area contributed by atoms with E-state index in [1.165, 1.54) is 0 Å². The zero-order chi connectivity index (χ0) is 12.7. The van der Waals surface area contributed by atoms with Gasteiger partial charge in [0, 0.05) is 6.04 Å². The molecule has 0 aliphatic rings. The van der Waals surface area contributed by atoms with Gasteiger partial charge in [-0.25, -0.2) is 4.79 Å². The molecule has 0 aromatic heterocycles. The van der Waals surface area contributed by atoms with E-state index in [-0.39, 0.29) is 12.0 Å². The zero-order valence-corrected chi connectivity index (χ0v) is 10.2. The maximum absolute atomic E-state index is 11.6. The topological polar surface area (TPSA) is 38.3 Å². The van der Waals surface area contributed by atoms with Gasteiger partial charge in [-0.05, 0) is 31.5 Å². The summed E-state index contributed by atoms with van der Waals surface area (Å²) < 4.78 is 4.95. The van der Waals surface area contributed by atoms with E-state index in [0.29, 0.717) is 18.7 Å². The second-order valence-corrected chi connectivity index (χ2v) is 3.65. The summed E-state index contributed by atoms with van der Waals surface area (Å²) in [5, 5.41) is 3.16. The highest BCUT2D eigenvalue weighted by molar-refractivity contribution is 5.89. The standard InChI is InChI=1S/C14H17NO2/c1-4-9-15-11(3)12-7-6-8-13(10-12)14(16)17-5-2/h1,6-8,10-11,15H,5,9H2,2-3H3/t11-/m0/s1. The lowest BCUT2D eigenvalue weighted by Crippen LogP contribution is -2.19. The predicted molar refractivity (Wildman–Crippen MR) is 67.6 cm³/mol. The number of carbonyl (C=O) groups is 1. The van der Waals surface area contributed by atoms with Gasteiger partial charge >= 0.3 is 5.97 Å². The van der Waals surface area contributed by atoms with E-state index in [1.807, 2.05) is 25.1 Å². The normalized spacial score (nSPS) is 11.6. The summed E-state index contributed by atoms with van der Waals surface area (Å²) >= 11 is 0. The first-order valence-corrected chi connectivity index (χ1v) is 5.63. The van der Waals surface area contributed by atoms with Gasteiger partial charge < -0.3 is 4.74 Å². The maximum Gasteiger partial charge on any atom is 0.338 e. The molecule has 1 N–H and O–H groups in total. The van der Waals surface area contributed by atoms with E-state index in [2.05, 4.69) is 11.2 Å². The lowest BCUT2D eigenvalue weighted by atomic mass is 10.1. The highest BCUT2D eigenvalue weighted by atomic mass is 16.5. The molecule has 0 heterocycles. The van der Waals surface area contributed by atoms with Gasteiger partial charge in [0.05, 0.1) is 18.7 Å². The van der Waals surface area contributed by atoms with Crippen molar-refractivity contribution in [3.05, 3.63) is 35.4 Å². The molecule has 0 amide bonds. The number of hydrogen-bond donors (Lipinski definition) is 1. The van der Waals surface area contributed by atoms with Gasteiger partial charge in [0.1, 0.15) is 0 Å². The number of rotatable bonds is 5. The van der Waals surface area contributed by atoms with Crippen LogP contribution in [0.4, 0.5) is 0 Å². The monoisotopic (exact) mass is 231 g/mol. The first-order valence-electron chi connectivity index (χ1n) is 5.63. The summed E-state index contributed by atoms with van der Waals surface area (Å²) in [5.74, 6) is 2.23.